The molecule has 0 aliphatic heterocycles. The number of ether oxygens (including phenoxy) is 3. The first-order valence-corrected chi connectivity index (χ1v) is 9.36. The van der Waals surface area contributed by atoms with E-state index in [1.807, 2.05) is 13.8 Å². The third-order valence-corrected chi connectivity index (χ3v) is 3.76. The predicted octanol–water partition coefficient (Wildman–Crippen LogP) is 3.71. The Kier molecular flexibility index (Phi) is 8.47. The fraction of sp³-hybridized carbons (Fsp3) is 0.571. The molecule has 0 aromatic heterocycles. The van der Waals surface area contributed by atoms with Crippen molar-refractivity contribution in [3.8, 4) is 0 Å². The maximum Gasteiger partial charge on any atom is 0.408 e. The first-order valence-electron chi connectivity index (χ1n) is 9.36. The average molecular weight is 393 g/mol. The van der Waals surface area contributed by atoms with E-state index in [0.717, 1.165) is 0 Å². The van der Waals surface area contributed by atoms with E-state index in [-0.39, 0.29) is 5.92 Å². The summed E-state index contributed by atoms with van der Waals surface area (Å²) >= 11 is 0. The first-order chi connectivity index (χ1) is 12.9. The van der Waals surface area contributed by atoms with Crippen LogP contribution in [0.2, 0.25) is 0 Å². The molecule has 7 heteroatoms. The highest BCUT2D eigenvalue weighted by Gasteiger charge is 2.30. The Morgan fingerprint density at radius 2 is 1.50 bits per heavy atom. The highest BCUT2D eigenvalue weighted by molar-refractivity contribution is 5.89. The van der Waals surface area contributed by atoms with Crippen LogP contribution in [0.5, 0.6) is 0 Å². The normalized spacial score (nSPS) is 14.6. The second-order valence-corrected chi connectivity index (χ2v) is 7.99. The first kappa shape index (κ1) is 23.5. The van der Waals surface area contributed by atoms with Gasteiger partial charge in [-0.3, -0.25) is 0 Å². The summed E-state index contributed by atoms with van der Waals surface area (Å²) in [4.78, 5) is 36.4. The third kappa shape index (κ3) is 7.98. The van der Waals surface area contributed by atoms with Crippen LogP contribution < -0.4 is 5.32 Å². The van der Waals surface area contributed by atoms with Gasteiger partial charge in [0.05, 0.1) is 5.56 Å². The molecule has 7 nitrogen and oxygen atoms in total. The van der Waals surface area contributed by atoms with Crippen LogP contribution >= 0.6 is 0 Å². The molecule has 0 saturated heterocycles. The van der Waals surface area contributed by atoms with Gasteiger partial charge in [0, 0.05) is 0 Å². The molecule has 0 aliphatic carbocycles. The zero-order valence-electron chi connectivity index (χ0n) is 17.6. The van der Waals surface area contributed by atoms with E-state index in [1.54, 1.807) is 58.0 Å². The molecule has 0 fully saturated rings. The minimum Gasteiger partial charge on any atom is -0.457 e. The van der Waals surface area contributed by atoms with Crippen LogP contribution in [0.1, 0.15) is 58.8 Å². The second-order valence-electron chi connectivity index (χ2n) is 7.99. The number of carbonyl (C=O) groups is 3. The van der Waals surface area contributed by atoms with Crippen molar-refractivity contribution in [2.24, 2.45) is 5.92 Å². The van der Waals surface area contributed by atoms with E-state index in [0.29, 0.717) is 5.56 Å². The van der Waals surface area contributed by atoms with Crippen molar-refractivity contribution in [3.05, 3.63) is 35.9 Å². The van der Waals surface area contributed by atoms with Gasteiger partial charge in [-0.1, -0.05) is 32.0 Å². The number of esters is 2. The van der Waals surface area contributed by atoms with Gasteiger partial charge in [-0.25, -0.2) is 14.4 Å². The van der Waals surface area contributed by atoms with Gasteiger partial charge in [-0.05, 0) is 52.7 Å². The van der Waals surface area contributed by atoms with E-state index in [9.17, 15) is 14.4 Å². The van der Waals surface area contributed by atoms with Gasteiger partial charge >= 0.3 is 18.0 Å². The van der Waals surface area contributed by atoms with Crippen molar-refractivity contribution in [2.45, 2.75) is 72.3 Å². The van der Waals surface area contributed by atoms with E-state index < -0.39 is 41.9 Å². The summed E-state index contributed by atoms with van der Waals surface area (Å²) in [6.45, 7) is 12.1. The Hall–Kier alpha value is -2.57. The van der Waals surface area contributed by atoms with Crippen LogP contribution in [-0.4, -0.2) is 41.9 Å². The zero-order valence-corrected chi connectivity index (χ0v) is 17.6. The molecule has 1 amide bonds. The smallest absolute Gasteiger partial charge is 0.408 e. The van der Waals surface area contributed by atoms with Crippen molar-refractivity contribution in [1.29, 1.82) is 0 Å². The van der Waals surface area contributed by atoms with Crippen LogP contribution in [0.25, 0.3) is 0 Å². The predicted molar refractivity (Wildman–Crippen MR) is 105 cm³/mol. The van der Waals surface area contributed by atoms with Gasteiger partial charge in [-0.2, -0.15) is 0 Å². The Balaban J connectivity index is 2.67. The molecule has 0 unspecified atom stereocenters. The van der Waals surface area contributed by atoms with Crippen LogP contribution in [0.4, 0.5) is 4.79 Å². The van der Waals surface area contributed by atoms with Crippen molar-refractivity contribution in [1.82, 2.24) is 5.32 Å². The highest BCUT2D eigenvalue weighted by Crippen LogP contribution is 2.17. The van der Waals surface area contributed by atoms with Gasteiger partial charge in [0.1, 0.15) is 23.9 Å². The van der Waals surface area contributed by atoms with Crippen LogP contribution in [0.15, 0.2) is 30.3 Å². The molecule has 1 aromatic rings. The molecule has 156 valence electrons. The summed E-state index contributed by atoms with van der Waals surface area (Å²) in [6, 6.07) is 7.70. The molecule has 0 radical (unpaired) electrons. The van der Waals surface area contributed by atoms with Gasteiger partial charge in [0.2, 0.25) is 0 Å². The standard InChI is InChI=1S/C21H31NO6/c1-13(2)17(27-19(24)16-11-9-8-10-12-16)15(4)26-18(23)14(3)22-20(25)28-21(5,6)7/h8-15,17H,1-7H3,(H,22,25)/t14-,15-,17-/m0/s1. The fourth-order valence-electron chi connectivity index (χ4n) is 2.44. The Morgan fingerprint density at radius 1 is 0.929 bits per heavy atom. The lowest BCUT2D eigenvalue weighted by atomic mass is 10.0. The Labute approximate surface area is 166 Å². The topological polar surface area (TPSA) is 90.9 Å². The summed E-state index contributed by atoms with van der Waals surface area (Å²) in [6.07, 6.45) is -2.03. The number of carbonyl (C=O) groups excluding carboxylic acids is 3. The molecule has 1 rings (SSSR count). The molecular formula is C21H31NO6. The molecule has 0 saturated carbocycles. The average Bonchev–Trinajstić information content (AvgIpc) is 2.57. The Bertz CT molecular complexity index is 665. The molecular weight excluding hydrogens is 362 g/mol. The van der Waals surface area contributed by atoms with Crippen molar-refractivity contribution in [2.75, 3.05) is 0 Å². The second kappa shape index (κ2) is 10.1. The number of alkyl carbamates (subject to hydrolysis) is 1. The molecule has 1 N–H and O–H groups in total. The summed E-state index contributed by atoms with van der Waals surface area (Å²) in [5.41, 5.74) is -0.248. The summed E-state index contributed by atoms with van der Waals surface area (Å²) in [5.74, 6) is -1.20. The zero-order chi connectivity index (χ0) is 21.5. The summed E-state index contributed by atoms with van der Waals surface area (Å²) in [5, 5.41) is 2.43. The van der Waals surface area contributed by atoms with E-state index in [2.05, 4.69) is 5.32 Å². The number of rotatable bonds is 7. The lowest BCUT2D eigenvalue weighted by Crippen LogP contribution is -2.45. The maximum atomic E-state index is 12.3. The molecule has 0 spiro atoms. The van der Waals surface area contributed by atoms with Gasteiger partial charge in [-0.15, -0.1) is 0 Å². The molecule has 28 heavy (non-hydrogen) atoms. The molecule has 0 bridgehead atoms. The van der Waals surface area contributed by atoms with Gasteiger partial charge < -0.3 is 19.5 Å². The molecule has 0 heterocycles. The van der Waals surface area contributed by atoms with Gasteiger partial charge in [0.25, 0.3) is 0 Å². The van der Waals surface area contributed by atoms with E-state index in [4.69, 9.17) is 14.2 Å². The molecule has 3 atom stereocenters. The minimum atomic E-state index is -0.907. The molecule has 1 aromatic carbocycles. The summed E-state index contributed by atoms with van der Waals surface area (Å²) < 4.78 is 16.1. The monoisotopic (exact) mass is 393 g/mol. The summed E-state index contributed by atoms with van der Waals surface area (Å²) in [7, 11) is 0. The van der Waals surface area contributed by atoms with E-state index >= 15 is 0 Å². The minimum absolute atomic E-state index is 0.0791. The van der Waals surface area contributed by atoms with Gasteiger partial charge in [0.15, 0.2) is 0 Å². The Morgan fingerprint density at radius 3 is 2.00 bits per heavy atom. The third-order valence-electron chi connectivity index (χ3n) is 3.76. The lowest BCUT2D eigenvalue weighted by Gasteiger charge is -2.28. The van der Waals surface area contributed by atoms with Crippen LogP contribution in [-0.2, 0) is 19.0 Å². The maximum absolute atomic E-state index is 12.3. The van der Waals surface area contributed by atoms with Crippen molar-refractivity contribution in [3.63, 3.8) is 0 Å². The number of amides is 1. The quantitative estimate of drug-likeness (QED) is 0.561. The van der Waals surface area contributed by atoms with Crippen LogP contribution in [0, 0.1) is 5.92 Å². The SMILES string of the molecule is CC(C)[C@H](OC(=O)c1ccccc1)[C@H](C)OC(=O)[C@H](C)NC(=O)OC(C)(C)C. The number of benzene rings is 1. The van der Waals surface area contributed by atoms with Crippen LogP contribution in [0.3, 0.4) is 0 Å². The number of hydrogen-bond acceptors (Lipinski definition) is 6. The largest absolute Gasteiger partial charge is 0.457 e. The highest BCUT2D eigenvalue weighted by atomic mass is 16.6. The fourth-order valence-corrected chi connectivity index (χ4v) is 2.44. The number of nitrogens with one attached hydrogen (secondary N) is 1. The van der Waals surface area contributed by atoms with Crippen molar-refractivity contribution >= 4 is 18.0 Å². The van der Waals surface area contributed by atoms with E-state index in [1.165, 1.54) is 6.92 Å². The lowest BCUT2D eigenvalue weighted by molar-refractivity contribution is -0.157. The number of hydrogen-bond donors (Lipinski definition) is 1. The molecule has 0 aliphatic rings. The van der Waals surface area contributed by atoms with Crippen molar-refractivity contribution < 1.29 is 28.6 Å².